The van der Waals surface area contributed by atoms with E-state index >= 15 is 0 Å². The predicted molar refractivity (Wildman–Crippen MR) is 80.2 cm³/mol. The molecule has 1 N–H and O–H groups in total. The molecule has 0 aliphatic carbocycles. The van der Waals surface area contributed by atoms with Gasteiger partial charge in [-0.1, -0.05) is 11.6 Å². The first-order chi connectivity index (χ1) is 10.5. The molecule has 0 amide bonds. The van der Waals surface area contributed by atoms with E-state index in [4.69, 9.17) is 26.2 Å². The number of carboxylic acids is 1. The Morgan fingerprint density at radius 2 is 2.18 bits per heavy atom. The third-order valence-corrected chi connectivity index (χ3v) is 3.77. The quantitative estimate of drug-likeness (QED) is 0.918. The Kier molecular flexibility index (Phi) is 3.54. The lowest BCUT2D eigenvalue weighted by atomic mass is 10.1. The third kappa shape index (κ3) is 2.31. The van der Waals surface area contributed by atoms with E-state index in [9.17, 15) is 9.59 Å². The Labute approximate surface area is 130 Å². The van der Waals surface area contributed by atoms with E-state index in [1.54, 1.807) is 16.7 Å². The van der Waals surface area contributed by atoms with Crippen LogP contribution in [0.25, 0.3) is 11.3 Å². The molecule has 2 heterocycles. The molecule has 0 atom stereocenters. The van der Waals surface area contributed by atoms with Gasteiger partial charge in [0.15, 0.2) is 5.43 Å². The van der Waals surface area contributed by atoms with Crippen molar-refractivity contribution in [1.82, 2.24) is 4.57 Å². The van der Waals surface area contributed by atoms with E-state index in [0.717, 1.165) is 0 Å². The number of halogens is 1. The van der Waals surface area contributed by atoms with Crippen LogP contribution < -0.4 is 14.9 Å². The third-order valence-electron chi connectivity index (χ3n) is 3.48. The average Bonchev–Trinajstić information content (AvgIpc) is 2.64. The van der Waals surface area contributed by atoms with Crippen molar-refractivity contribution in [3.05, 3.63) is 45.2 Å². The molecule has 3 rings (SSSR count). The van der Waals surface area contributed by atoms with Gasteiger partial charge in [-0.3, -0.25) is 4.79 Å². The SMILES string of the molecule is COc1cc2c(cc1Cl)-c1cc(=O)c(C(=O)O)cn1CCO2. The van der Waals surface area contributed by atoms with Crippen LogP contribution in [-0.4, -0.2) is 29.4 Å². The van der Waals surface area contributed by atoms with Gasteiger partial charge in [-0.2, -0.15) is 0 Å². The number of aromatic nitrogens is 1. The number of ether oxygens (including phenoxy) is 2. The van der Waals surface area contributed by atoms with Gasteiger partial charge in [-0.15, -0.1) is 0 Å². The molecule has 114 valence electrons. The highest BCUT2D eigenvalue weighted by molar-refractivity contribution is 6.32. The van der Waals surface area contributed by atoms with Gasteiger partial charge in [0.25, 0.3) is 0 Å². The van der Waals surface area contributed by atoms with E-state index in [-0.39, 0.29) is 5.56 Å². The summed E-state index contributed by atoms with van der Waals surface area (Å²) in [5.74, 6) is -0.244. The molecule has 0 spiro atoms. The summed E-state index contributed by atoms with van der Waals surface area (Å²) in [4.78, 5) is 23.1. The van der Waals surface area contributed by atoms with Crippen LogP contribution in [0.15, 0.2) is 29.2 Å². The van der Waals surface area contributed by atoms with Crippen LogP contribution in [0.5, 0.6) is 11.5 Å². The number of aromatic carboxylic acids is 1. The Bertz CT molecular complexity index is 827. The topological polar surface area (TPSA) is 77.8 Å². The molecule has 0 radical (unpaired) electrons. The maximum Gasteiger partial charge on any atom is 0.341 e. The average molecular weight is 322 g/mol. The molecule has 2 aromatic rings. The minimum absolute atomic E-state index is 0.271. The van der Waals surface area contributed by atoms with Crippen LogP contribution in [0, 0.1) is 0 Å². The van der Waals surface area contributed by atoms with Crippen molar-refractivity contribution >= 4 is 17.6 Å². The minimum Gasteiger partial charge on any atom is -0.495 e. The number of benzene rings is 1. The van der Waals surface area contributed by atoms with Crippen LogP contribution in [-0.2, 0) is 6.54 Å². The van der Waals surface area contributed by atoms with Crippen molar-refractivity contribution in [3.8, 4) is 22.8 Å². The van der Waals surface area contributed by atoms with Gasteiger partial charge in [-0.05, 0) is 6.07 Å². The molecule has 22 heavy (non-hydrogen) atoms. The summed E-state index contributed by atoms with van der Waals surface area (Å²) in [5.41, 5.74) is 0.356. The van der Waals surface area contributed by atoms with Crippen LogP contribution >= 0.6 is 11.6 Å². The smallest absolute Gasteiger partial charge is 0.341 e. The van der Waals surface area contributed by atoms with Gasteiger partial charge >= 0.3 is 5.97 Å². The van der Waals surface area contributed by atoms with Gasteiger partial charge in [-0.25, -0.2) is 4.79 Å². The molecule has 6 nitrogen and oxygen atoms in total. The Morgan fingerprint density at radius 1 is 1.41 bits per heavy atom. The highest BCUT2D eigenvalue weighted by Gasteiger charge is 2.20. The molecule has 1 aliphatic heterocycles. The van der Waals surface area contributed by atoms with Crippen LogP contribution in [0.1, 0.15) is 10.4 Å². The van der Waals surface area contributed by atoms with Gasteiger partial charge in [0.1, 0.15) is 23.7 Å². The summed E-state index contributed by atoms with van der Waals surface area (Å²) in [7, 11) is 1.50. The van der Waals surface area contributed by atoms with E-state index in [0.29, 0.717) is 40.9 Å². The first kappa shape index (κ1) is 14.5. The molecule has 0 saturated carbocycles. The number of hydrogen-bond acceptors (Lipinski definition) is 4. The van der Waals surface area contributed by atoms with E-state index in [2.05, 4.69) is 0 Å². The normalized spacial score (nSPS) is 12.6. The number of carbonyl (C=O) groups is 1. The lowest BCUT2D eigenvalue weighted by Gasteiger charge is -2.13. The van der Waals surface area contributed by atoms with Crippen molar-refractivity contribution in [3.63, 3.8) is 0 Å². The fourth-order valence-electron chi connectivity index (χ4n) is 2.42. The Hall–Kier alpha value is -2.47. The van der Waals surface area contributed by atoms with Crippen molar-refractivity contribution < 1.29 is 19.4 Å². The number of pyridine rings is 1. The zero-order chi connectivity index (χ0) is 15.9. The summed E-state index contributed by atoms with van der Waals surface area (Å²) in [6.07, 6.45) is 1.33. The standard InChI is InChI=1S/C15H12ClNO5/c1-21-14-6-13-8(4-10(14)16)11-5-12(18)9(15(19)20)7-17(11)2-3-22-13/h4-7H,2-3H2,1H3,(H,19,20). The molecule has 1 aliphatic rings. The minimum atomic E-state index is -1.25. The van der Waals surface area contributed by atoms with Crippen molar-refractivity contribution in [2.75, 3.05) is 13.7 Å². The second kappa shape index (κ2) is 5.38. The molecule has 0 bridgehead atoms. The first-order valence-electron chi connectivity index (χ1n) is 6.49. The van der Waals surface area contributed by atoms with Crippen molar-refractivity contribution in [1.29, 1.82) is 0 Å². The molecular weight excluding hydrogens is 310 g/mol. The maximum atomic E-state index is 12.0. The maximum absolute atomic E-state index is 12.0. The molecule has 1 aromatic heterocycles. The first-order valence-corrected chi connectivity index (χ1v) is 6.87. The number of hydrogen-bond donors (Lipinski definition) is 1. The number of rotatable bonds is 2. The number of methoxy groups -OCH3 is 1. The molecule has 0 saturated heterocycles. The van der Waals surface area contributed by atoms with Crippen LogP contribution in [0.3, 0.4) is 0 Å². The summed E-state index contributed by atoms with van der Waals surface area (Å²) >= 11 is 6.14. The molecule has 1 aromatic carbocycles. The second-order valence-corrected chi connectivity index (χ2v) is 5.17. The summed E-state index contributed by atoms with van der Waals surface area (Å²) in [5, 5.41) is 9.45. The van der Waals surface area contributed by atoms with Crippen molar-refractivity contribution in [2.45, 2.75) is 6.54 Å². The number of carboxylic acid groups (broad SMARTS) is 1. The second-order valence-electron chi connectivity index (χ2n) is 4.77. The molecule has 0 unspecified atom stereocenters. The zero-order valence-electron chi connectivity index (χ0n) is 11.6. The van der Waals surface area contributed by atoms with Gasteiger partial charge < -0.3 is 19.1 Å². The molecule has 7 heteroatoms. The van der Waals surface area contributed by atoms with Crippen LogP contribution in [0.2, 0.25) is 5.02 Å². The summed E-state index contributed by atoms with van der Waals surface area (Å²) in [6, 6.07) is 4.59. The summed E-state index contributed by atoms with van der Waals surface area (Å²) in [6.45, 7) is 0.761. The lowest BCUT2D eigenvalue weighted by Crippen LogP contribution is -2.19. The van der Waals surface area contributed by atoms with Crippen molar-refractivity contribution in [2.24, 2.45) is 0 Å². The lowest BCUT2D eigenvalue weighted by molar-refractivity contribution is 0.0694. The Balaban J connectivity index is 2.27. The number of fused-ring (bicyclic) bond motifs is 3. The monoisotopic (exact) mass is 321 g/mol. The predicted octanol–water partition coefficient (Wildman–Crippen LogP) is 2.27. The fourth-order valence-corrected chi connectivity index (χ4v) is 2.66. The largest absolute Gasteiger partial charge is 0.495 e. The van der Waals surface area contributed by atoms with Gasteiger partial charge in [0, 0.05) is 23.9 Å². The molecule has 0 fully saturated rings. The van der Waals surface area contributed by atoms with E-state index in [1.165, 1.54) is 19.4 Å². The van der Waals surface area contributed by atoms with Crippen LogP contribution in [0.4, 0.5) is 0 Å². The van der Waals surface area contributed by atoms with Gasteiger partial charge in [0.2, 0.25) is 0 Å². The Morgan fingerprint density at radius 3 is 2.86 bits per heavy atom. The highest BCUT2D eigenvalue weighted by atomic mass is 35.5. The van der Waals surface area contributed by atoms with Gasteiger partial charge in [0.05, 0.1) is 24.4 Å². The summed E-state index contributed by atoms with van der Waals surface area (Å²) < 4.78 is 12.5. The highest BCUT2D eigenvalue weighted by Crippen LogP contribution is 2.39. The number of nitrogens with zero attached hydrogens (tertiary/aromatic N) is 1. The van der Waals surface area contributed by atoms with E-state index < -0.39 is 11.4 Å². The zero-order valence-corrected chi connectivity index (χ0v) is 12.4. The fraction of sp³-hybridized carbons (Fsp3) is 0.200. The molecular formula is C15H12ClNO5. The van der Waals surface area contributed by atoms with E-state index in [1.807, 2.05) is 0 Å².